The highest BCUT2D eigenvalue weighted by molar-refractivity contribution is 9.10. The Morgan fingerprint density at radius 3 is 2.49 bits per heavy atom. The summed E-state index contributed by atoms with van der Waals surface area (Å²) in [5, 5.41) is 10.3. The van der Waals surface area contributed by atoms with E-state index in [2.05, 4.69) is 46.4 Å². The van der Waals surface area contributed by atoms with Crippen LogP contribution in [0.2, 0.25) is 25.7 Å². The molecule has 198 valence electrons. The average Bonchev–Trinajstić information content (AvgIpc) is 2.85. The van der Waals surface area contributed by atoms with Crippen molar-refractivity contribution in [1.29, 1.82) is 0 Å². The third-order valence-corrected chi connectivity index (χ3v) is 9.27. The summed E-state index contributed by atoms with van der Waals surface area (Å²) in [7, 11) is -1.40. The summed E-state index contributed by atoms with van der Waals surface area (Å²) in [6, 6.07) is 13.7. The van der Waals surface area contributed by atoms with E-state index in [-0.39, 0.29) is 24.2 Å². The number of phenols is 1. The predicted octanol–water partition coefficient (Wildman–Crippen LogP) is 6.05. The largest absolute Gasteiger partial charge is 0.508 e. The molecule has 0 saturated heterocycles. The summed E-state index contributed by atoms with van der Waals surface area (Å²) >= 11 is 3.54. The molecular formula is C28H35BrN2O5Si. The molecule has 0 aliphatic heterocycles. The Labute approximate surface area is 227 Å². The first kappa shape index (κ1) is 27.3. The minimum atomic E-state index is -1.40. The number of phenolic OH excluding ortho intramolecular Hbond substituents is 1. The van der Waals surface area contributed by atoms with Gasteiger partial charge in [-0.05, 0) is 75.8 Å². The number of fused-ring (bicyclic) bond motifs is 2. The minimum absolute atomic E-state index is 0.104. The normalized spacial score (nSPS) is 20.3. The zero-order chi connectivity index (χ0) is 26.7. The van der Waals surface area contributed by atoms with Gasteiger partial charge < -0.3 is 25.4 Å². The van der Waals surface area contributed by atoms with E-state index in [1.165, 1.54) is 0 Å². The highest BCUT2D eigenvalue weighted by atomic mass is 79.9. The SMILES string of the molecule is CCCOC(=O)[C@@H]1C2=C(NNc3ccccc3Br)CC(c3ccc(O)cc32)C1C(=O)OCC[Si](C)(C)C. The maximum Gasteiger partial charge on any atom is 0.314 e. The Hall–Kier alpha value is -2.78. The van der Waals surface area contributed by atoms with Gasteiger partial charge in [-0.2, -0.15) is 0 Å². The van der Waals surface area contributed by atoms with Crippen LogP contribution in [-0.4, -0.2) is 38.3 Å². The molecule has 5 rings (SSSR count). The van der Waals surface area contributed by atoms with Crippen molar-refractivity contribution in [1.82, 2.24) is 5.43 Å². The number of carbonyl (C=O) groups is 2. The number of benzene rings is 2. The second-order valence-corrected chi connectivity index (χ2v) is 17.3. The van der Waals surface area contributed by atoms with Crippen molar-refractivity contribution in [2.75, 3.05) is 18.6 Å². The lowest BCUT2D eigenvalue weighted by atomic mass is 9.60. The second kappa shape index (κ2) is 11.3. The molecule has 2 aromatic carbocycles. The highest BCUT2D eigenvalue weighted by Gasteiger charge is 2.53. The molecule has 3 aliphatic carbocycles. The monoisotopic (exact) mass is 586 g/mol. The van der Waals surface area contributed by atoms with Gasteiger partial charge in [0.2, 0.25) is 0 Å². The third-order valence-electron chi connectivity index (χ3n) is 6.87. The Morgan fingerprint density at radius 2 is 1.78 bits per heavy atom. The number of aromatic hydroxyl groups is 1. The van der Waals surface area contributed by atoms with E-state index in [0.717, 1.165) is 33.0 Å². The van der Waals surface area contributed by atoms with Crippen molar-refractivity contribution in [2.45, 2.75) is 51.4 Å². The van der Waals surface area contributed by atoms with Crippen LogP contribution in [0.3, 0.4) is 0 Å². The second-order valence-electron chi connectivity index (χ2n) is 10.9. The number of para-hydroxylation sites is 1. The van der Waals surface area contributed by atoms with Crippen LogP contribution in [0.15, 0.2) is 52.6 Å². The quantitative estimate of drug-likeness (QED) is 0.177. The Bertz CT molecular complexity index is 1210. The maximum absolute atomic E-state index is 13.5. The molecule has 37 heavy (non-hydrogen) atoms. The molecule has 0 heterocycles. The molecule has 0 amide bonds. The van der Waals surface area contributed by atoms with Crippen LogP contribution >= 0.6 is 15.9 Å². The van der Waals surface area contributed by atoms with Crippen LogP contribution in [0, 0.1) is 11.8 Å². The number of hydrogen-bond acceptors (Lipinski definition) is 7. The van der Waals surface area contributed by atoms with Crippen molar-refractivity contribution in [2.24, 2.45) is 11.8 Å². The lowest BCUT2D eigenvalue weighted by Crippen LogP contribution is -2.46. The van der Waals surface area contributed by atoms with E-state index in [1.807, 2.05) is 37.3 Å². The molecule has 0 radical (unpaired) electrons. The van der Waals surface area contributed by atoms with Crippen molar-refractivity contribution in [3.05, 3.63) is 63.8 Å². The maximum atomic E-state index is 13.5. The van der Waals surface area contributed by atoms with Crippen molar-refractivity contribution >= 4 is 47.2 Å². The lowest BCUT2D eigenvalue weighted by molar-refractivity contribution is -0.159. The molecule has 0 fully saturated rings. The highest BCUT2D eigenvalue weighted by Crippen LogP contribution is 2.55. The van der Waals surface area contributed by atoms with Crippen molar-refractivity contribution < 1.29 is 24.2 Å². The smallest absolute Gasteiger partial charge is 0.314 e. The molecule has 3 N–H and O–H groups in total. The number of hydrogen-bond donors (Lipinski definition) is 3. The van der Waals surface area contributed by atoms with Gasteiger partial charge in [-0.1, -0.05) is 44.8 Å². The average molecular weight is 588 g/mol. The van der Waals surface area contributed by atoms with Crippen LogP contribution < -0.4 is 10.9 Å². The molecule has 3 aliphatic rings. The summed E-state index contributed by atoms with van der Waals surface area (Å²) in [5.41, 5.74) is 10.5. The van der Waals surface area contributed by atoms with Crippen LogP contribution in [-0.2, 0) is 19.1 Å². The molecule has 7 nitrogen and oxygen atoms in total. The van der Waals surface area contributed by atoms with E-state index in [9.17, 15) is 14.7 Å². The van der Waals surface area contributed by atoms with Gasteiger partial charge in [0.05, 0.1) is 30.7 Å². The molecular weight excluding hydrogens is 552 g/mol. The topological polar surface area (TPSA) is 96.9 Å². The van der Waals surface area contributed by atoms with E-state index in [4.69, 9.17) is 9.47 Å². The lowest BCUT2D eigenvalue weighted by Gasteiger charge is -2.44. The molecule has 2 aromatic rings. The number of rotatable bonds is 10. The minimum Gasteiger partial charge on any atom is -0.508 e. The number of esters is 2. The van der Waals surface area contributed by atoms with E-state index in [0.29, 0.717) is 25.0 Å². The Morgan fingerprint density at radius 1 is 1.05 bits per heavy atom. The zero-order valence-electron chi connectivity index (χ0n) is 21.8. The molecule has 0 spiro atoms. The van der Waals surface area contributed by atoms with Gasteiger partial charge in [-0.3, -0.25) is 9.59 Å². The van der Waals surface area contributed by atoms with Gasteiger partial charge in [-0.25, -0.2) is 0 Å². The first-order chi connectivity index (χ1) is 17.6. The first-order valence-corrected chi connectivity index (χ1v) is 17.3. The Balaban J connectivity index is 1.74. The van der Waals surface area contributed by atoms with E-state index >= 15 is 0 Å². The van der Waals surface area contributed by atoms with Crippen LogP contribution in [0.5, 0.6) is 5.75 Å². The number of nitrogens with one attached hydrogen (secondary N) is 2. The van der Waals surface area contributed by atoms with Gasteiger partial charge in [0.25, 0.3) is 0 Å². The summed E-state index contributed by atoms with van der Waals surface area (Å²) in [5.74, 6) is -2.52. The number of halogens is 1. The summed E-state index contributed by atoms with van der Waals surface area (Å²) in [6.45, 7) is 9.26. The first-order valence-electron chi connectivity index (χ1n) is 12.8. The molecule has 0 aromatic heterocycles. The zero-order valence-corrected chi connectivity index (χ0v) is 24.4. The number of carbonyl (C=O) groups excluding carboxylic acids is 2. The van der Waals surface area contributed by atoms with Crippen molar-refractivity contribution in [3.8, 4) is 5.75 Å². The molecule has 2 unspecified atom stereocenters. The molecule has 2 bridgehead atoms. The third kappa shape index (κ3) is 6.04. The molecule has 3 atom stereocenters. The van der Waals surface area contributed by atoms with Gasteiger partial charge >= 0.3 is 11.9 Å². The van der Waals surface area contributed by atoms with Gasteiger partial charge in [-0.15, -0.1) is 0 Å². The fourth-order valence-corrected chi connectivity index (χ4v) is 6.12. The Kier molecular flexibility index (Phi) is 8.33. The number of ether oxygens (including phenoxy) is 2. The van der Waals surface area contributed by atoms with Crippen LogP contribution in [0.4, 0.5) is 5.69 Å². The van der Waals surface area contributed by atoms with Crippen molar-refractivity contribution in [3.63, 3.8) is 0 Å². The molecule has 9 heteroatoms. The van der Waals surface area contributed by atoms with E-state index in [1.54, 1.807) is 12.1 Å². The molecule has 0 saturated carbocycles. The van der Waals surface area contributed by atoms with Gasteiger partial charge in [0.15, 0.2) is 0 Å². The fraction of sp³-hybridized carbons (Fsp3) is 0.429. The fourth-order valence-electron chi connectivity index (χ4n) is 5.03. The number of anilines is 1. The van der Waals surface area contributed by atoms with Gasteiger partial charge in [0.1, 0.15) is 5.75 Å². The summed E-state index contributed by atoms with van der Waals surface area (Å²) in [4.78, 5) is 27.0. The number of allylic oxidation sites excluding steroid dienone is 1. The van der Waals surface area contributed by atoms with E-state index < -0.39 is 25.9 Å². The standard InChI is InChI=1S/C28H35BrN2O5Si/c1-5-12-35-28(34)26-24-19-15-17(32)10-11-18(19)20(25(26)27(33)36-13-14-37(2,3)4)16-23(24)31-30-22-9-7-6-8-21(22)29/h6-11,15,20,25-26,30-32H,5,12-14,16H2,1-4H3/t20?,25?,26-/m1/s1. The summed E-state index contributed by atoms with van der Waals surface area (Å²) < 4.78 is 12.3. The van der Waals surface area contributed by atoms with Gasteiger partial charge in [0, 0.05) is 24.2 Å². The van der Waals surface area contributed by atoms with Crippen LogP contribution in [0.1, 0.15) is 36.8 Å². The summed E-state index contributed by atoms with van der Waals surface area (Å²) in [6.07, 6.45) is 1.20. The predicted molar refractivity (Wildman–Crippen MR) is 151 cm³/mol. The number of hydrazine groups is 1. The van der Waals surface area contributed by atoms with Crippen LogP contribution in [0.25, 0.3) is 5.57 Å².